The summed E-state index contributed by atoms with van der Waals surface area (Å²) in [6.45, 7) is 3.20. The minimum Gasteiger partial charge on any atom is -0.465 e. The molecule has 0 aliphatic carbocycles. The maximum absolute atomic E-state index is 11.7. The van der Waals surface area contributed by atoms with Gasteiger partial charge in [0.2, 0.25) is 5.91 Å². The zero-order valence-electron chi connectivity index (χ0n) is 11.6. The Morgan fingerprint density at radius 3 is 2.56 bits per heavy atom. The lowest BCUT2D eigenvalue weighted by atomic mass is 10.1. The highest BCUT2D eigenvalue weighted by Crippen LogP contribution is 2.17. The van der Waals surface area contributed by atoms with Gasteiger partial charge in [-0.15, -0.1) is 0 Å². The van der Waals surface area contributed by atoms with Crippen LogP contribution in [0.5, 0.6) is 0 Å². The third kappa shape index (κ3) is 5.07. The van der Waals surface area contributed by atoms with Crippen molar-refractivity contribution in [3.8, 4) is 0 Å². The van der Waals surface area contributed by atoms with Crippen molar-refractivity contribution in [3.05, 3.63) is 0 Å². The van der Waals surface area contributed by atoms with Crippen LogP contribution in [0.15, 0.2) is 0 Å². The fraction of sp³-hybridized carbons (Fsp3) is 0.857. The number of esters is 1. The van der Waals surface area contributed by atoms with Gasteiger partial charge in [-0.05, 0) is 6.42 Å². The quantitative estimate of drug-likeness (QED) is 0.494. The summed E-state index contributed by atoms with van der Waals surface area (Å²) in [5, 5.41) is 0. The molecule has 104 valence electrons. The molecule has 1 atom stereocenters. The van der Waals surface area contributed by atoms with E-state index in [2.05, 4.69) is 6.92 Å². The van der Waals surface area contributed by atoms with Crippen LogP contribution in [0.25, 0.3) is 0 Å². The molecule has 0 aromatic carbocycles. The highest BCUT2D eigenvalue weighted by Gasteiger charge is 2.33. The van der Waals surface area contributed by atoms with Gasteiger partial charge in [0, 0.05) is 20.0 Å². The predicted octanol–water partition coefficient (Wildman–Crippen LogP) is 2.37. The Kier molecular flexibility index (Phi) is 6.76. The number of ether oxygens (including phenoxy) is 1. The topological polar surface area (TPSA) is 46.6 Å². The van der Waals surface area contributed by atoms with Crippen molar-refractivity contribution in [2.45, 2.75) is 51.9 Å². The lowest BCUT2D eigenvalue weighted by molar-refractivity contribution is -0.148. The Morgan fingerprint density at radius 2 is 1.94 bits per heavy atom. The van der Waals surface area contributed by atoms with Gasteiger partial charge in [0.25, 0.3) is 0 Å². The number of carbonyl (C=O) groups is 2. The summed E-state index contributed by atoms with van der Waals surface area (Å²) in [5.41, 5.74) is 0. The molecule has 1 heterocycles. The maximum atomic E-state index is 11.7. The van der Waals surface area contributed by atoms with Crippen molar-refractivity contribution >= 4 is 11.9 Å². The van der Waals surface area contributed by atoms with Gasteiger partial charge in [0.05, 0.1) is 12.5 Å². The number of hydrogen-bond acceptors (Lipinski definition) is 3. The van der Waals surface area contributed by atoms with Gasteiger partial charge < -0.3 is 9.64 Å². The van der Waals surface area contributed by atoms with Crippen LogP contribution in [0.2, 0.25) is 0 Å². The van der Waals surface area contributed by atoms with E-state index in [4.69, 9.17) is 4.74 Å². The molecule has 1 amide bonds. The summed E-state index contributed by atoms with van der Waals surface area (Å²) in [4.78, 5) is 24.5. The first kappa shape index (κ1) is 15.0. The second kappa shape index (κ2) is 8.11. The average Bonchev–Trinajstić information content (AvgIpc) is 2.68. The Morgan fingerprint density at radius 1 is 1.28 bits per heavy atom. The molecule has 0 saturated carbocycles. The van der Waals surface area contributed by atoms with Crippen molar-refractivity contribution in [2.24, 2.45) is 5.92 Å². The SMILES string of the molecule is CCCCCCCCOC(=O)C1CC(=O)N(C)C1. The Balaban J connectivity index is 2.02. The summed E-state index contributed by atoms with van der Waals surface area (Å²) >= 11 is 0. The molecule has 0 radical (unpaired) electrons. The summed E-state index contributed by atoms with van der Waals surface area (Å²) in [7, 11) is 1.73. The van der Waals surface area contributed by atoms with Crippen LogP contribution in [0.4, 0.5) is 0 Å². The number of unbranched alkanes of at least 4 members (excludes halogenated alkanes) is 5. The Bertz CT molecular complexity index is 278. The van der Waals surface area contributed by atoms with Crippen LogP contribution in [0.1, 0.15) is 51.9 Å². The molecule has 4 nitrogen and oxygen atoms in total. The molecular weight excluding hydrogens is 230 g/mol. The normalized spacial score (nSPS) is 19.3. The van der Waals surface area contributed by atoms with E-state index in [1.165, 1.54) is 25.7 Å². The van der Waals surface area contributed by atoms with Gasteiger partial charge in [-0.25, -0.2) is 0 Å². The number of likely N-dealkylation sites (tertiary alicyclic amines) is 1. The molecule has 0 N–H and O–H groups in total. The average molecular weight is 255 g/mol. The molecule has 1 saturated heterocycles. The van der Waals surface area contributed by atoms with Crippen LogP contribution in [-0.2, 0) is 14.3 Å². The van der Waals surface area contributed by atoms with Gasteiger partial charge >= 0.3 is 5.97 Å². The van der Waals surface area contributed by atoms with Crippen molar-refractivity contribution in [1.82, 2.24) is 4.90 Å². The number of hydrogen-bond donors (Lipinski definition) is 0. The maximum Gasteiger partial charge on any atom is 0.311 e. The molecule has 0 spiro atoms. The zero-order chi connectivity index (χ0) is 13.4. The highest BCUT2D eigenvalue weighted by atomic mass is 16.5. The first-order chi connectivity index (χ1) is 8.65. The van der Waals surface area contributed by atoms with Gasteiger partial charge in [-0.3, -0.25) is 9.59 Å². The van der Waals surface area contributed by atoms with Crippen LogP contribution in [-0.4, -0.2) is 37.0 Å². The van der Waals surface area contributed by atoms with Crippen LogP contribution in [0.3, 0.4) is 0 Å². The zero-order valence-corrected chi connectivity index (χ0v) is 11.6. The minimum absolute atomic E-state index is 0.0384. The van der Waals surface area contributed by atoms with E-state index < -0.39 is 0 Å². The number of amides is 1. The smallest absolute Gasteiger partial charge is 0.311 e. The van der Waals surface area contributed by atoms with E-state index in [9.17, 15) is 9.59 Å². The molecule has 1 aliphatic heterocycles. The summed E-state index contributed by atoms with van der Waals surface area (Å²) < 4.78 is 5.21. The molecule has 0 aromatic rings. The molecule has 1 aliphatic rings. The summed E-state index contributed by atoms with van der Waals surface area (Å²) in [6, 6.07) is 0. The van der Waals surface area contributed by atoms with Crippen molar-refractivity contribution in [2.75, 3.05) is 20.2 Å². The number of carbonyl (C=O) groups excluding carboxylic acids is 2. The van der Waals surface area contributed by atoms with Gasteiger partial charge in [-0.2, -0.15) is 0 Å². The molecule has 1 unspecified atom stereocenters. The Labute approximate surface area is 110 Å². The van der Waals surface area contributed by atoms with Gasteiger partial charge in [0.15, 0.2) is 0 Å². The minimum atomic E-state index is -0.248. The van der Waals surface area contributed by atoms with E-state index in [0.29, 0.717) is 19.6 Å². The monoisotopic (exact) mass is 255 g/mol. The lowest BCUT2D eigenvalue weighted by Crippen LogP contribution is -2.22. The van der Waals surface area contributed by atoms with E-state index in [1.54, 1.807) is 11.9 Å². The fourth-order valence-electron chi connectivity index (χ4n) is 2.19. The number of rotatable bonds is 8. The summed E-state index contributed by atoms with van der Waals surface area (Å²) in [5.74, 6) is -0.416. The molecule has 0 bridgehead atoms. The highest BCUT2D eigenvalue weighted by molar-refractivity contribution is 5.86. The largest absolute Gasteiger partial charge is 0.465 e. The van der Waals surface area contributed by atoms with E-state index in [1.807, 2.05) is 0 Å². The molecule has 4 heteroatoms. The molecular formula is C14H25NO3. The van der Waals surface area contributed by atoms with Gasteiger partial charge in [0.1, 0.15) is 0 Å². The van der Waals surface area contributed by atoms with Gasteiger partial charge in [-0.1, -0.05) is 39.0 Å². The molecule has 18 heavy (non-hydrogen) atoms. The second-order valence-corrected chi connectivity index (χ2v) is 5.11. The third-order valence-electron chi connectivity index (χ3n) is 3.42. The third-order valence-corrected chi connectivity index (χ3v) is 3.42. The molecule has 1 rings (SSSR count). The Hall–Kier alpha value is -1.06. The van der Waals surface area contributed by atoms with Crippen LogP contribution in [0, 0.1) is 5.92 Å². The van der Waals surface area contributed by atoms with E-state index >= 15 is 0 Å². The predicted molar refractivity (Wildman–Crippen MR) is 70.1 cm³/mol. The molecule has 0 aromatic heterocycles. The van der Waals surface area contributed by atoms with Crippen LogP contribution >= 0.6 is 0 Å². The van der Waals surface area contributed by atoms with E-state index in [-0.39, 0.29) is 17.8 Å². The second-order valence-electron chi connectivity index (χ2n) is 5.11. The first-order valence-electron chi connectivity index (χ1n) is 7.05. The standard InChI is InChI=1S/C14H25NO3/c1-3-4-5-6-7-8-9-18-14(17)12-10-13(16)15(2)11-12/h12H,3-11H2,1-2H3. The van der Waals surface area contributed by atoms with Crippen molar-refractivity contribution < 1.29 is 14.3 Å². The van der Waals surface area contributed by atoms with E-state index in [0.717, 1.165) is 12.8 Å². The summed E-state index contributed by atoms with van der Waals surface area (Å²) in [6.07, 6.45) is 7.39. The van der Waals surface area contributed by atoms with Crippen molar-refractivity contribution in [3.63, 3.8) is 0 Å². The number of nitrogens with zero attached hydrogens (tertiary/aromatic N) is 1. The first-order valence-corrected chi connectivity index (χ1v) is 7.05. The van der Waals surface area contributed by atoms with Crippen LogP contribution < -0.4 is 0 Å². The van der Waals surface area contributed by atoms with Crippen molar-refractivity contribution in [1.29, 1.82) is 0 Å². The molecule has 1 fully saturated rings. The lowest BCUT2D eigenvalue weighted by Gasteiger charge is -2.10. The fourth-order valence-corrected chi connectivity index (χ4v) is 2.19.